The lowest BCUT2D eigenvalue weighted by Gasteiger charge is -2.27. The Bertz CT molecular complexity index is 354. The summed E-state index contributed by atoms with van der Waals surface area (Å²) in [6.45, 7) is 0.696. The molecule has 2 unspecified atom stereocenters. The van der Waals surface area contributed by atoms with E-state index in [4.69, 9.17) is 9.47 Å². The normalized spacial score (nSPS) is 24.6. The van der Waals surface area contributed by atoms with Gasteiger partial charge in [0.15, 0.2) is 0 Å². The van der Waals surface area contributed by atoms with E-state index in [-0.39, 0.29) is 0 Å². The first kappa shape index (κ1) is 13.1. The van der Waals surface area contributed by atoms with Crippen LogP contribution in [-0.2, 0) is 11.3 Å². The van der Waals surface area contributed by atoms with E-state index in [1.807, 2.05) is 18.2 Å². The second-order valence-electron chi connectivity index (χ2n) is 4.50. The molecule has 0 spiro atoms. The highest BCUT2D eigenvalue weighted by Crippen LogP contribution is 2.28. The first-order valence-electron chi connectivity index (χ1n) is 6.18. The van der Waals surface area contributed by atoms with Crippen LogP contribution < -0.4 is 4.74 Å². The Kier molecular flexibility index (Phi) is 5.10. The zero-order chi connectivity index (χ0) is 12.1. The molecule has 1 aliphatic carbocycles. The fraction of sp³-hybridized carbons (Fsp3) is 0.571. The summed E-state index contributed by atoms with van der Waals surface area (Å²) < 4.78 is 11.9. The van der Waals surface area contributed by atoms with Crippen molar-refractivity contribution >= 4 is 22.6 Å². The second kappa shape index (κ2) is 6.59. The van der Waals surface area contributed by atoms with Crippen molar-refractivity contribution in [1.29, 1.82) is 0 Å². The minimum absolute atomic E-state index is 0.426. The van der Waals surface area contributed by atoms with Gasteiger partial charge in [0.2, 0.25) is 0 Å². The number of rotatable bonds is 4. The zero-order valence-corrected chi connectivity index (χ0v) is 12.4. The van der Waals surface area contributed by atoms with Gasteiger partial charge in [0.05, 0.1) is 19.8 Å². The van der Waals surface area contributed by atoms with Crippen LogP contribution >= 0.6 is 22.6 Å². The van der Waals surface area contributed by atoms with Gasteiger partial charge in [-0.25, -0.2) is 0 Å². The predicted molar refractivity (Wildman–Crippen MR) is 77.8 cm³/mol. The maximum Gasteiger partial charge on any atom is 0.119 e. The summed E-state index contributed by atoms with van der Waals surface area (Å²) in [5.74, 6) is 0.903. The lowest BCUT2D eigenvalue weighted by molar-refractivity contribution is 0.0245. The average Bonchev–Trinajstić information content (AvgIpc) is 2.38. The molecule has 0 saturated heterocycles. The Labute approximate surface area is 117 Å². The molecule has 0 radical (unpaired) electrons. The highest BCUT2D eigenvalue weighted by molar-refractivity contribution is 14.1. The van der Waals surface area contributed by atoms with Gasteiger partial charge >= 0.3 is 0 Å². The van der Waals surface area contributed by atoms with Crippen molar-refractivity contribution < 1.29 is 9.47 Å². The molecule has 0 heterocycles. The summed E-state index contributed by atoms with van der Waals surface area (Å²) in [7, 11) is 1.70. The molecule has 2 rings (SSSR count). The predicted octanol–water partition coefficient (Wildman–Crippen LogP) is 3.96. The number of hydrogen-bond donors (Lipinski definition) is 0. The van der Waals surface area contributed by atoms with E-state index in [2.05, 4.69) is 28.7 Å². The van der Waals surface area contributed by atoms with Crippen molar-refractivity contribution in [3.63, 3.8) is 0 Å². The van der Waals surface area contributed by atoms with E-state index < -0.39 is 0 Å². The van der Waals surface area contributed by atoms with Crippen molar-refractivity contribution in [1.82, 2.24) is 0 Å². The van der Waals surface area contributed by atoms with Crippen LogP contribution in [0.1, 0.15) is 31.2 Å². The third-order valence-electron chi connectivity index (χ3n) is 3.22. The molecule has 0 aromatic heterocycles. The summed E-state index contributed by atoms with van der Waals surface area (Å²) in [5, 5.41) is 0. The number of methoxy groups -OCH3 is 1. The first-order chi connectivity index (χ1) is 8.29. The fourth-order valence-electron chi connectivity index (χ4n) is 2.20. The van der Waals surface area contributed by atoms with Gasteiger partial charge in [-0.1, -0.05) is 47.6 Å². The molecule has 0 aliphatic heterocycles. The highest BCUT2D eigenvalue weighted by Gasteiger charge is 2.23. The van der Waals surface area contributed by atoms with E-state index in [1.165, 1.54) is 31.2 Å². The van der Waals surface area contributed by atoms with Gasteiger partial charge in [-0.3, -0.25) is 0 Å². The van der Waals surface area contributed by atoms with Crippen molar-refractivity contribution in [2.24, 2.45) is 0 Å². The number of halogens is 1. The minimum atomic E-state index is 0.426. The third-order valence-corrected chi connectivity index (χ3v) is 4.65. The fourth-order valence-corrected chi connectivity index (χ4v) is 3.21. The van der Waals surface area contributed by atoms with Crippen LogP contribution in [0.4, 0.5) is 0 Å². The standard InChI is InChI=1S/C14H19IO2/c1-16-12-6-4-5-11(9-12)10-17-14-8-3-2-7-13(14)15/h4-6,9,13-14H,2-3,7-8,10H2,1H3. The van der Waals surface area contributed by atoms with Gasteiger partial charge in [0.1, 0.15) is 5.75 Å². The minimum Gasteiger partial charge on any atom is -0.497 e. The van der Waals surface area contributed by atoms with Crippen LogP contribution in [0.5, 0.6) is 5.75 Å². The number of benzene rings is 1. The molecule has 2 nitrogen and oxygen atoms in total. The third kappa shape index (κ3) is 3.85. The highest BCUT2D eigenvalue weighted by atomic mass is 127. The van der Waals surface area contributed by atoms with Gasteiger partial charge in [-0.15, -0.1) is 0 Å². The quantitative estimate of drug-likeness (QED) is 0.607. The van der Waals surface area contributed by atoms with E-state index in [0.717, 1.165) is 5.75 Å². The zero-order valence-electron chi connectivity index (χ0n) is 10.2. The molecule has 1 aromatic carbocycles. The second-order valence-corrected chi connectivity index (χ2v) is 6.10. The van der Waals surface area contributed by atoms with Crippen LogP contribution in [0.25, 0.3) is 0 Å². The topological polar surface area (TPSA) is 18.5 Å². The number of alkyl halides is 1. The SMILES string of the molecule is COc1cccc(COC2CCCCC2I)c1. The molecule has 17 heavy (non-hydrogen) atoms. The van der Waals surface area contributed by atoms with E-state index in [1.54, 1.807) is 7.11 Å². The first-order valence-corrected chi connectivity index (χ1v) is 7.43. The van der Waals surface area contributed by atoms with Crippen molar-refractivity contribution in [2.75, 3.05) is 7.11 Å². The molecular formula is C14H19IO2. The summed E-state index contributed by atoms with van der Waals surface area (Å²) >= 11 is 2.53. The number of hydrogen-bond acceptors (Lipinski definition) is 2. The largest absolute Gasteiger partial charge is 0.497 e. The van der Waals surface area contributed by atoms with Crippen molar-refractivity contribution in [3.05, 3.63) is 29.8 Å². The van der Waals surface area contributed by atoms with Crippen molar-refractivity contribution in [3.8, 4) is 5.75 Å². The molecule has 1 aliphatic rings. The molecule has 1 aromatic rings. The molecule has 1 fully saturated rings. The van der Waals surface area contributed by atoms with Gasteiger partial charge in [0, 0.05) is 3.92 Å². The Morgan fingerprint density at radius 1 is 1.29 bits per heavy atom. The molecule has 0 N–H and O–H groups in total. The van der Waals surface area contributed by atoms with E-state index in [0.29, 0.717) is 16.6 Å². The Morgan fingerprint density at radius 3 is 2.88 bits per heavy atom. The molecule has 0 bridgehead atoms. The maximum atomic E-state index is 6.02. The molecule has 0 amide bonds. The van der Waals surface area contributed by atoms with E-state index >= 15 is 0 Å². The Balaban J connectivity index is 1.88. The van der Waals surface area contributed by atoms with Crippen LogP contribution in [0, 0.1) is 0 Å². The maximum absolute atomic E-state index is 6.02. The molecule has 3 heteroatoms. The van der Waals surface area contributed by atoms with Crippen LogP contribution in [0.3, 0.4) is 0 Å². The Hall–Kier alpha value is -0.290. The summed E-state index contributed by atoms with van der Waals surface area (Å²) in [6, 6.07) is 8.11. The monoisotopic (exact) mass is 346 g/mol. The van der Waals surface area contributed by atoms with E-state index in [9.17, 15) is 0 Å². The molecule has 2 atom stereocenters. The van der Waals surface area contributed by atoms with Gasteiger partial charge in [0.25, 0.3) is 0 Å². The van der Waals surface area contributed by atoms with Crippen LogP contribution in [-0.4, -0.2) is 17.1 Å². The lowest BCUT2D eigenvalue weighted by atomic mass is 9.98. The summed E-state index contributed by atoms with van der Waals surface area (Å²) in [4.78, 5) is 0. The summed E-state index contributed by atoms with van der Waals surface area (Å²) in [6.07, 6.45) is 5.59. The molecular weight excluding hydrogens is 327 g/mol. The van der Waals surface area contributed by atoms with Crippen molar-refractivity contribution in [2.45, 2.75) is 42.3 Å². The smallest absolute Gasteiger partial charge is 0.119 e. The Morgan fingerprint density at radius 2 is 2.12 bits per heavy atom. The van der Waals surface area contributed by atoms with Gasteiger partial charge in [-0.2, -0.15) is 0 Å². The van der Waals surface area contributed by atoms with Crippen LogP contribution in [0.15, 0.2) is 24.3 Å². The lowest BCUT2D eigenvalue weighted by Crippen LogP contribution is -2.27. The summed E-state index contributed by atoms with van der Waals surface area (Å²) in [5.41, 5.74) is 1.19. The molecule has 94 valence electrons. The van der Waals surface area contributed by atoms with Crippen LogP contribution in [0.2, 0.25) is 0 Å². The average molecular weight is 346 g/mol. The van der Waals surface area contributed by atoms with Gasteiger partial charge < -0.3 is 9.47 Å². The number of ether oxygens (including phenoxy) is 2. The molecule has 1 saturated carbocycles. The van der Waals surface area contributed by atoms with Gasteiger partial charge in [-0.05, 0) is 30.5 Å².